The van der Waals surface area contributed by atoms with Gasteiger partial charge in [0.2, 0.25) is 10.5 Å². The second-order valence-corrected chi connectivity index (χ2v) is 11.1. The van der Waals surface area contributed by atoms with Gasteiger partial charge in [-0.05, 0) is 48.9 Å². The van der Waals surface area contributed by atoms with Crippen LogP contribution in [0.2, 0.25) is 9.78 Å². The highest BCUT2D eigenvalue weighted by Gasteiger charge is 2.54. The van der Waals surface area contributed by atoms with E-state index >= 15 is 0 Å². The molecule has 0 spiro atoms. The summed E-state index contributed by atoms with van der Waals surface area (Å²) in [5.74, 6) is -0.355. The quantitative estimate of drug-likeness (QED) is 0.460. The number of likely N-dealkylation sites (tertiary alicyclic amines) is 1. The summed E-state index contributed by atoms with van der Waals surface area (Å²) in [6.07, 6.45) is 10.2. The summed E-state index contributed by atoms with van der Waals surface area (Å²) in [5.41, 5.74) is 1.18. The molecule has 1 aromatic heterocycles. The van der Waals surface area contributed by atoms with Crippen LogP contribution in [0.25, 0.3) is 0 Å². The molecule has 1 aliphatic heterocycles. The van der Waals surface area contributed by atoms with Gasteiger partial charge in [0.05, 0.1) is 0 Å². The third kappa shape index (κ3) is 4.61. The van der Waals surface area contributed by atoms with Crippen molar-refractivity contribution in [3.63, 3.8) is 0 Å². The van der Waals surface area contributed by atoms with Crippen molar-refractivity contribution >= 4 is 42.6 Å². The number of amides is 1. The Balaban J connectivity index is 2.24. The zero-order chi connectivity index (χ0) is 21.8. The van der Waals surface area contributed by atoms with Crippen molar-refractivity contribution in [1.82, 2.24) is 4.90 Å². The molecule has 2 aliphatic rings. The fourth-order valence-corrected chi connectivity index (χ4v) is 8.04. The maximum Gasteiger partial charge on any atom is 0.317 e. The Morgan fingerprint density at radius 3 is 2.43 bits per heavy atom. The SMILES string of the molecule is CC/C=C1\C(=C/CC)C(=O)N(C2CCCCC2)[C@H]([p+]2ccc(Cl)cc2Cl)[C@H]1C(=O)O. The van der Waals surface area contributed by atoms with Gasteiger partial charge < -0.3 is 5.11 Å². The molecule has 1 saturated carbocycles. The Bertz CT molecular complexity index is 877. The fraction of sp³-hybridized carbons (Fsp3) is 0.522. The molecule has 30 heavy (non-hydrogen) atoms. The van der Waals surface area contributed by atoms with Crippen molar-refractivity contribution in [3.8, 4) is 0 Å². The van der Waals surface area contributed by atoms with Crippen LogP contribution in [0.3, 0.4) is 0 Å². The van der Waals surface area contributed by atoms with Crippen LogP contribution < -0.4 is 0 Å². The number of hydrogen-bond acceptors (Lipinski definition) is 2. The maximum atomic E-state index is 13.8. The largest absolute Gasteiger partial charge is 0.481 e. The molecule has 1 N–H and O–H groups in total. The van der Waals surface area contributed by atoms with E-state index in [1.165, 1.54) is 0 Å². The van der Waals surface area contributed by atoms with Gasteiger partial charge >= 0.3 is 5.97 Å². The number of rotatable bonds is 5. The van der Waals surface area contributed by atoms with Crippen LogP contribution in [-0.4, -0.2) is 27.9 Å². The van der Waals surface area contributed by atoms with Gasteiger partial charge in [-0.15, -0.1) is 0 Å². The maximum absolute atomic E-state index is 13.8. The Labute approximate surface area is 189 Å². The molecule has 3 rings (SSSR count). The Morgan fingerprint density at radius 2 is 1.87 bits per heavy atom. The summed E-state index contributed by atoms with van der Waals surface area (Å²) < 4.78 is 0.543. The molecule has 7 heteroatoms. The van der Waals surface area contributed by atoms with E-state index < -0.39 is 25.2 Å². The first-order valence-electron chi connectivity index (χ1n) is 10.7. The molecule has 2 fully saturated rings. The number of halogens is 2. The summed E-state index contributed by atoms with van der Waals surface area (Å²) in [5, 5.41) is 10.9. The van der Waals surface area contributed by atoms with Crippen molar-refractivity contribution in [3.05, 3.63) is 51.0 Å². The first kappa shape index (κ1) is 23.3. The van der Waals surface area contributed by atoms with Crippen LogP contribution >= 0.6 is 30.7 Å². The van der Waals surface area contributed by atoms with Gasteiger partial charge in [0.25, 0.3) is 5.91 Å². The third-order valence-electron chi connectivity index (χ3n) is 5.94. The number of piperidine rings is 1. The summed E-state index contributed by atoms with van der Waals surface area (Å²) >= 11 is 12.8. The average molecular weight is 469 g/mol. The molecule has 2 heterocycles. The van der Waals surface area contributed by atoms with Gasteiger partial charge in [-0.2, -0.15) is 0 Å². The number of carboxylic acid groups (broad SMARTS) is 1. The number of aliphatic carboxylic acids is 1. The molecule has 0 bridgehead atoms. The van der Waals surface area contributed by atoms with E-state index in [9.17, 15) is 14.7 Å². The van der Waals surface area contributed by atoms with E-state index in [-0.39, 0.29) is 11.9 Å². The molecular formula is C23H29Cl2NO3P+. The zero-order valence-electron chi connectivity index (χ0n) is 17.5. The fourth-order valence-electron chi connectivity index (χ4n) is 4.71. The van der Waals surface area contributed by atoms with Gasteiger partial charge in [-0.3, -0.25) is 14.5 Å². The van der Waals surface area contributed by atoms with Gasteiger partial charge in [0, 0.05) is 22.7 Å². The number of hydrogen-bond donors (Lipinski definition) is 1. The van der Waals surface area contributed by atoms with E-state index in [0.29, 0.717) is 33.8 Å². The number of nitrogens with zero attached hydrogens (tertiary/aromatic N) is 1. The van der Waals surface area contributed by atoms with Crippen molar-refractivity contribution in [2.24, 2.45) is 5.92 Å². The van der Waals surface area contributed by atoms with Crippen LogP contribution in [-0.2, 0) is 9.59 Å². The summed E-state index contributed by atoms with van der Waals surface area (Å²) in [7, 11) is -1.21. The number of carbonyl (C=O) groups is 2. The minimum Gasteiger partial charge on any atom is -0.481 e. The molecule has 0 aromatic carbocycles. The lowest BCUT2D eigenvalue weighted by atomic mass is 9.83. The van der Waals surface area contributed by atoms with E-state index in [2.05, 4.69) is 0 Å². The van der Waals surface area contributed by atoms with E-state index in [1.54, 1.807) is 12.1 Å². The van der Waals surface area contributed by atoms with Crippen molar-refractivity contribution in [2.45, 2.75) is 70.6 Å². The first-order valence-corrected chi connectivity index (χ1v) is 13.0. The van der Waals surface area contributed by atoms with Gasteiger partial charge in [-0.25, -0.2) is 0 Å². The molecule has 4 nitrogen and oxygen atoms in total. The Kier molecular flexibility index (Phi) is 8.01. The molecule has 1 saturated heterocycles. The lowest BCUT2D eigenvalue weighted by molar-refractivity contribution is -0.146. The number of carbonyl (C=O) groups excluding carboxylic acids is 1. The van der Waals surface area contributed by atoms with Crippen LogP contribution in [0.4, 0.5) is 0 Å². The summed E-state index contributed by atoms with van der Waals surface area (Å²) in [6, 6.07) is 3.52. The highest BCUT2D eigenvalue weighted by Crippen LogP contribution is 2.58. The van der Waals surface area contributed by atoms with E-state index in [4.69, 9.17) is 23.2 Å². The molecule has 1 aromatic rings. The van der Waals surface area contributed by atoms with Crippen LogP contribution in [0.1, 0.15) is 64.6 Å². The highest BCUT2D eigenvalue weighted by atomic mass is 35.5. The van der Waals surface area contributed by atoms with Crippen LogP contribution in [0, 0.1) is 5.92 Å². The minimum atomic E-state index is -1.21. The summed E-state index contributed by atoms with van der Waals surface area (Å²) in [6.45, 7) is 3.94. The standard InChI is InChI=1S/C23H28Cl2NO3P/c1-3-8-17-18(9-4-2)21(27)26(16-10-6-5-7-11-16)22(20(17)23(28)29)30-13-12-15(24)14-19(30)25/h8-9,12-14,16,20,22H,3-7,10-11H2,1-2H3/p+1/b17-8+,18-9+/t20-,22+/m0/s1. The molecule has 3 atom stereocenters. The van der Waals surface area contributed by atoms with Crippen LogP contribution in [0.5, 0.6) is 0 Å². The van der Waals surface area contributed by atoms with Crippen LogP contribution in [0.15, 0.2) is 41.2 Å². The predicted molar refractivity (Wildman–Crippen MR) is 124 cm³/mol. The lowest BCUT2D eigenvalue weighted by Gasteiger charge is -2.43. The summed E-state index contributed by atoms with van der Waals surface area (Å²) in [4.78, 5) is 28.3. The highest BCUT2D eigenvalue weighted by molar-refractivity contribution is 7.52. The van der Waals surface area contributed by atoms with Gasteiger partial charge in [-0.1, -0.05) is 56.9 Å². The van der Waals surface area contributed by atoms with Gasteiger partial charge in [0.15, 0.2) is 7.53 Å². The Morgan fingerprint density at radius 1 is 1.20 bits per heavy atom. The average Bonchev–Trinajstić information content (AvgIpc) is 2.71. The second kappa shape index (κ2) is 10.3. The number of allylic oxidation sites excluding steroid dienone is 2. The zero-order valence-corrected chi connectivity index (χ0v) is 19.9. The van der Waals surface area contributed by atoms with Gasteiger partial charge in [0.1, 0.15) is 11.7 Å². The monoisotopic (exact) mass is 468 g/mol. The molecule has 0 radical (unpaired) electrons. The minimum absolute atomic E-state index is 0.0447. The van der Waals surface area contributed by atoms with Crippen molar-refractivity contribution < 1.29 is 14.7 Å². The normalized spacial score (nSPS) is 26.5. The molecule has 1 unspecified atom stereocenters. The third-order valence-corrected chi connectivity index (χ3v) is 9.08. The van der Waals surface area contributed by atoms with E-state index in [0.717, 1.165) is 32.1 Å². The molecule has 1 amide bonds. The first-order chi connectivity index (χ1) is 14.4. The molecule has 1 aliphatic carbocycles. The van der Waals surface area contributed by atoms with Crippen molar-refractivity contribution in [1.29, 1.82) is 0 Å². The topological polar surface area (TPSA) is 57.6 Å². The Hall–Kier alpha value is -1.35. The number of carboxylic acids is 1. The molecular weight excluding hydrogens is 440 g/mol. The molecule has 162 valence electrons. The predicted octanol–water partition coefficient (Wildman–Crippen LogP) is 7.31. The smallest absolute Gasteiger partial charge is 0.317 e. The van der Waals surface area contributed by atoms with E-state index in [1.807, 2.05) is 36.7 Å². The second-order valence-electron chi connectivity index (χ2n) is 7.90. The van der Waals surface area contributed by atoms with Crippen molar-refractivity contribution in [2.75, 3.05) is 0 Å². The lowest BCUT2D eigenvalue weighted by Crippen LogP contribution is -2.51.